The van der Waals surface area contributed by atoms with Crippen LogP contribution in [0.25, 0.3) is 11.3 Å². The molecule has 4 rings (SSSR count). The van der Waals surface area contributed by atoms with Gasteiger partial charge in [0, 0.05) is 11.6 Å². The van der Waals surface area contributed by atoms with Gasteiger partial charge in [0.25, 0.3) is 5.91 Å². The number of nitrogens with zero attached hydrogens (tertiary/aromatic N) is 2. The molecule has 9 heteroatoms. The topological polar surface area (TPSA) is 99.5 Å². The van der Waals surface area contributed by atoms with Gasteiger partial charge in [0.1, 0.15) is 17.3 Å². The smallest absolute Gasteiger partial charge is 0.263 e. The van der Waals surface area contributed by atoms with Crippen molar-refractivity contribution in [1.29, 1.82) is 0 Å². The molecule has 1 saturated heterocycles. The number of methoxy groups -OCH3 is 1. The zero-order valence-corrected chi connectivity index (χ0v) is 19.7. The van der Waals surface area contributed by atoms with Crippen molar-refractivity contribution in [3.8, 4) is 22.8 Å². The molecule has 2 aromatic carbocycles. The van der Waals surface area contributed by atoms with Gasteiger partial charge in [0.2, 0.25) is 0 Å². The molecule has 3 aromatic rings. The van der Waals surface area contributed by atoms with Gasteiger partial charge in [-0.25, -0.2) is 13.1 Å². The van der Waals surface area contributed by atoms with Gasteiger partial charge in [-0.15, -0.1) is 0 Å². The second-order valence-electron chi connectivity index (χ2n) is 8.31. The molecule has 1 aliphatic rings. The molecule has 33 heavy (non-hydrogen) atoms. The first kappa shape index (κ1) is 22.8. The Morgan fingerprint density at radius 1 is 1.09 bits per heavy atom. The minimum absolute atomic E-state index is 0.00132. The van der Waals surface area contributed by atoms with Gasteiger partial charge in [-0.1, -0.05) is 6.07 Å². The molecule has 0 bridgehead atoms. The highest BCUT2D eigenvalue weighted by Crippen LogP contribution is 2.31. The predicted octanol–water partition coefficient (Wildman–Crippen LogP) is 3.55. The minimum Gasteiger partial charge on any atom is -0.497 e. The molecule has 0 saturated carbocycles. The molecule has 8 nitrogen and oxygen atoms in total. The van der Waals surface area contributed by atoms with E-state index in [2.05, 4.69) is 10.4 Å². The van der Waals surface area contributed by atoms with Crippen LogP contribution in [0, 0.1) is 13.8 Å². The minimum atomic E-state index is -3.12. The van der Waals surface area contributed by atoms with E-state index in [9.17, 15) is 13.2 Å². The summed E-state index contributed by atoms with van der Waals surface area (Å²) >= 11 is 0. The van der Waals surface area contributed by atoms with E-state index in [1.165, 1.54) is 0 Å². The molecule has 1 unspecified atom stereocenters. The van der Waals surface area contributed by atoms with Gasteiger partial charge >= 0.3 is 0 Å². The van der Waals surface area contributed by atoms with E-state index in [1.807, 2.05) is 56.3 Å². The number of benzene rings is 2. The Kier molecular flexibility index (Phi) is 6.42. The van der Waals surface area contributed by atoms with Crippen molar-refractivity contribution in [2.24, 2.45) is 0 Å². The van der Waals surface area contributed by atoms with Gasteiger partial charge in [0.05, 0.1) is 30.4 Å². The third-order valence-corrected chi connectivity index (χ3v) is 7.26. The summed E-state index contributed by atoms with van der Waals surface area (Å²) in [6, 6.07) is 14.6. The number of nitrogens with one attached hydrogen (secondary N) is 1. The SMILES string of the molecule is COc1ccc(-c2cc(NC(=O)COc3cc(C)cc(C)c3)n(C3CCS(=O)(=O)C3)n2)cc1. The summed E-state index contributed by atoms with van der Waals surface area (Å²) in [6.45, 7) is 3.76. The van der Waals surface area contributed by atoms with Crippen LogP contribution in [-0.4, -0.2) is 49.3 Å². The van der Waals surface area contributed by atoms with Gasteiger partial charge in [-0.3, -0.25) is 4.79 Å². The normalized spacial score (nSPS) is 17.0. The summed E-state index contributed by atoms with van der Waals surface area (Å²) in [5, 5.41) is 7.48. The third kappa shape index (κ3) is 5.54. The summed E-state index contributed by atoms with van der Waals surface area (Å²) in [6.07, 6.45) is 0.452. The van der Waals surface area contributed by atoms with Crippen molar-refractivity contribution >= 4 is 21.6 Å². The largest absolute Gasteiger partial charge is 0.497 e. The van der Waals surface area contributed by atoms with E-state index in [1.54, 1.807) is 17.9 Å². The van der Waals surface area contributed by atoms with Crippen LogP contribution < -0.4 is 14.8 Å². The van der Waals surface area contributed by atoms with Gasteiger partial charge in [0.15, 0.2) is 16.4 Å². The highest BCUT2D eigenvalue weighted by atomic mass is 32.2. The summed E-state index contributed by atoms with van der Waals surface area (Å²) in [4.78, 5) is 12.7. The second-order valence-corrected chi connectivity index (χ2v) is 10.5. The van der Waals surface area contributed by atoms with E-state index in [-0.39, 0.29) is 30.1 Å². The zero-order valence-electron chi connectivity index (χ0n) is 18.9. The lowest BCUT2D eigenvalue weighted by molar-refractivity contribution is -0.118. The Balaban J connectivity index is 1.55. The molecule has 1 aliphatic heterocycles. The lowest BCUT2D eigenvalue weighted by Crippen LogP contribution is -2.23. The van der Waals surface area contributed by atoms with Crippen LogP contribution in [0.5, 0.6) is 11.5 Å². The lowest BCUT2D eigenvalue weighted by Gasteiger charge is -2.14. The maximum atomic E-state index is 12.7. The summed E-state index contributed by atoms with van der Waals surface area (Å²) in [5.74, 6) is 1.54. The van der Waals surface area contributed by atoms with Crippen molar-refractivity contribution < 1.29 is 22.7 Å². The molecule has 0 aliphatic carbocycles. The predicted molar refractivity (Wildman–Crippen MR) is 127 cm³/mol. The number of anilines is 1. The van der Waals surface area contributed by atoms with Crippen LogP contribution in [0.15, 0.2) is 48.5 Å². The van der Waals surface area contributed by atoms with Crippen LogP contribution in [0.1, 0.15) is 23.6 Å². The Labute approximate surface area is 193 Å². The van der Waals surface area contributed by atoms with E-state index in [0.29, 0.717) is 23.7 Å². The number of carbonyl (C=O) groups excluding carboxylic acids is 1. The van der Waals surface area contributed by atoms with Crippen molar-refractivity contribution in [2.45, 2.75) is 26.3 Å². The van der Waals surface area contributed by atoms with Gasteiger partial charge < -0.3 is 14.8 Å². The first-order valence-corrected chi connectivity index (χ1v) is 12.5. The van der Waals surface area contributed by atoms with Crippen LogP contribution in [0.3, 0.4) is 0 Å². The maximum absolute atomic E-state index is 12.7. The van der Waals surface area contributed by atoms with Crippen molar-refractivity contribution in [2.75, 3.05) is 30.5 Å². The summed E-state index contributed by atoms with van der Waals surface area (Å²) in [5.41, 5.74) is 3.56. The molecule has 1 aromatic heterocycles. The number of sulfone groups is 1. The molecule has 2 heterocycles. The maximum Gasteiger partial charge on any atom is 0.263 e. The van der Waals surface area contributed by atoms with E-state index < -0.39 is 9.84 Å². The lowest BCUT2D eigenvalue weighted by atomic mass is 10.1. The monoisotopic (exact) mass is 469 g/mol. The number of aromatic nitrogens is 2. The number of amides is 1. The zero-order chi connectivity index (χ0) is 23.6. The molecule has 174 valence electrons. The first-order chi connectivity index (χ1) is 15.7. The molecule has 0 spiro atoms. The molecule has 1 fully saturated rings. The number of rotatable bonds is 7. The Morgan fingerprint density at radius 3 is 2.39 bits per heavy atom. The highest BCUT2D eigenvalue weighted by molar-refractivity contribution is 7.91. The average Bonchev–Trinajstić information content (AvgIpc) is 3.34. The molecule has 1 amide bonds. The standard InChI is InChI=1S/C24H27N3O5S/c1-16-10-17(2)12-21(11-16)32-14-24(28)25-23-13-22(18-4-6-20(31-3)7-5-18)26-27(23)19-8-9-33(29,30)15-19/h4-7,10-13,19H,8-9,14-15H2,1-3H3,(H,25,28). The van der Waals surface area contributed by atoms with Crippen LogP contribution >= 0.6 is 0 Å². The average molecular weight is 470 g/mol. The van der Waals surface area contributed by atoms with Gasteiger partial charge in [-0.2, -0.15) is 5.10 Å². The van der Waals surface area contributed by atoms with Crippen molar-refractivity contribution in [3.05, 3.63) is 59.7 Å². The quantitative estimate of drug-likeness (QED) is 0.568. The number of carbonyl (C=O) groups is 1. The fourth-order valence-electron chi connectivity index (χ4n) is 3.98. The molecule has 1 atom stereocenters. The fraction of sp³-hybridized carbons (Fsp3) is 0.333. The van der Waals surface area contributed by atoms with Crippen LogP contribution in [0.4, 0.5) is 5.82 Å². The molecular formula is C24H27N3O5S. The Bertz CT molecular complexity index is 1250. The number of aryl methyl sites for hydroxylation is 2. The summed E-state index contributed by atoms with van der Waals surface area (Å²) < 4.78 is 36.6. The second kappa shape index (κ2) is 9.27. The third-order valence-electron chi connectivity index (χ3n) is 5.51. The highest BCUT2D eigenvalue weighted by Gasteiger charge is 2.31. The number of ether oxygens (including phenoxy) is 2. The van der Waals surface area contributed by atoms with E-state index >= 15 is 0 Å². The van der Waals surface area contributed by atoms with Crippen LogP contribution in [0.2, 0.25) is 0 Å². The number of hydrogen-bond donors (Lipinski definition) is 1. The Hall–Kier alpha value is -3.33. The fourth-order valence-corrected chi connectivity index (χ4v) is 5.67. The van der Waals surface area contributed by atoms with E-state index in [0.717, 1.165) is 22.4 Å². The van der Waals surface area contributed by atoms with E-state index in [4.69, 9.17) is 9.47 Å². The van der Waals surface area contributed by atoms with Crippen molar-refractivity contribution in [1.82, 2.24) is 9.78 Å². The van der Waals surface area contributed by atoms with Crippen molar-refractivity contribution in [3.63, 3.8) is 0 Å². The molecule has 1 N–H and O–H groups in total. The number of hydrogen-bond acceptors (Lipinski definition) is 6. The first-order valence-electron chi connectivity index (χ1n) is 10.7. The van der Waals surface area contributed by atoms with Gasteiger partial charge in [-0.05, 0) is 67.8 Å². The van der Waals surface area contributed by atoms with Crippen LogP contribution in [-0.2, 0) is 14.6 Å². The molecule has 0 radical (unpaired) electrons. The Morgan fingerprint density at radius 2 is 1.79 bits per heavy atom. The molecular weight excluding hydrogens is 442 g/mol. The summed E-state index contributed by atoms with van der Waals surface area (Å²) in [7, 11) is -1.53.